The molecule has 0 radical (unpaired) electrons. The standard InChI is InChI=1S/C28H32N6O4/c1-19-5-3-7-24-27(19)22(33-37-2)16-28(38-24)10-13-34(14-11-28)25-9-8-21(31-32-25)15-26(36)30-18-23(35)20-6-4-12-29-17-20/h3-9,12,17,23,35H,10-11,13-16,18H2,1-2H3,(H,30,36). The Kier molecular flexibility index (Phi) is 7.50. The van der Waals surface area contributed by atoms with Crippen LogP contribution in [0.4, 0.5) is 5.82 Å². The van der Waals surface area contributed by atoms with Gasteiger partial charge in [0.25, 0.3) is 0 Å². The molecule has 1 saturated heterocycles. The summed E-state index contributed by atoms with van der Waals surface area (Å²) in [6, 6.07) is 13.3. The molecule has 0 saturated carbocycles. The van der Waals surface area contributed by atoms with E-state index in [1.165, 1.54) is 0 Å². The van der Waals surface area contributed by atoms with E-state index in [0.29, 0.717) is 17.7 Å². The third-order valence-electron chi connectivity index (χ3n) is 7.15. The van der Waals surface area contributed by atoms with E-state index in [0.717, 1.165) is 54.3 Å². The summed E-state index contributed by atoms with van der Waals surface area (Å²) in [6.07, 6.45) is 4.81. The van der Waals surface area contributed by atoms with Crippen LogP contribution in [0.3, 0.4) is 0 Å². The number of hydrogen-bond donors (Lipinski definition) is 2. The molecule has 198 valence electrons. The van der Waals surface area contributed by atoms with Crippen molar-refractivity contribution in [2.75, 3.05) is 31.6 Å². The molecule has 1 aromatic carbocycles. The van der Waals surface area contributed by atoms with Gasteiger partial charge in [-0.2, -0.15) is 5.10 Å². The first-order chi connectivity index (χ1) is 18.5. The van der Waals surface area contributed by atoms with Crippen molar-refractivity contribution in [1.82, 2.24) is 20.5 Å². The predicted molar refractivity (Wildman–Crippen MR) is 142 cm³/mol. The molecule has 1 amide bonds. The topological polar surface area (TPSA) is 122 Å². The van der Waals surface area contributed by atoms with Crippen molar-refractivity contribution in [3.05, 3.63) is 77.2 Å². The number of amides is 1. The fourth-order valence-corrected chi connectivity index (χ4v) is 5.11. The van der Waals surface area contributed by atoms with Crippen LogP contribution < -0.4 is 15.0 Å². The van der Waals surface area contributed by atoms with Crippen LogP contribution in [0.25, 0.3) is 0 Å². The number of nitrogens with one attached hydrogen (secondary N) is 1. The summed E-state index contributed by atoms with van der Waals surface area (Å²) < 4.78 is 6.57. The highest BCUT2D eigenvalue weighted by molar-refractivity contribution is 6.05. The molecule has 10 nitrogen and oxygen atoms in total. The molecule has 3 aromatic rings. The van der Waals surface area contributed by atoms with Gasteiger partial charge in [0.2, 0.25) is 5.91 Å². The van der Waals surface area contributed by atoms with Crippen LogP contribution in [0.15, 0.2) is 60.0 Å². The van der Waals surface area contributed by atoms with Crippen molar-refractivity contribution in [3.8, 4) is 5.75 Å². The molecule has 2 N–H and O–H groups in total. The van der Waals surface area contributed by atoms with Gasteiger partial charge in [0.1, 0.15) is 18.5 Å². The Bertz CT molecular complexity index is 1290. The number of carbonyl (C=O) groups excluding carboxylic acids is 1. The molecule has 1 atom stereocenters. The lowest BCUT2D eigenvalue weighted by Gasteiger charge is -2.45. The maximum atomic E-state index is 12.3. The van der Waals surface area contributed by atoms with Crippen LogP contribution in [-0.2, 0) is 16.1 Å². The van der Waals surface area contributed by atoms with E-state index in [1.54, 1.807) is 31.6 Å². The highest BCUT2D eigenvalue weighted by atomic mass is 16.6. The van der Waals surface area contributed by atoms with E-state index in [9.17, 15) is 9.90 Å². The zero-order chi connectivity index (χ0) is 26.5. The number of ether oxygens (including phenoxy) is 1. The molecule has 1 fully saturated rings. The van der Waals surface area contributed by atoms with Gasteiger partial charge in [-0.1, -0.05) is 23.4 Å². The first-order valence-electron chi connectivity index (χ1n) is 12.8. The van der Waals surface area contributed by atoms with Crippen molar-refractivity contribution in [2.24, 2.45) is 5.16 Å². The molecule has 0 bridgehead atoms. The molecule has 0 aliphatic carbocycles. The lowest BCUT2D eigenvalue weighted by molar-refractivity contribution is -0.121. The van der Waals surface area contributed by atoms with Crippen LogP contribution in [-0.4, -0.2) is 64.3 Å². The lowest BCUT2D eigenvalue weighted by Crippen LogP contribution is -2.51. The predicted octanol–water partition coefficient (Wildman–Crippen LogP) is 2.74. The lowest BCUT2D eigenvalue weighted by atomic mass is 9.81. The monoisotopic (exact) mass is 516 g/mol. The summed E-state index contributed by atoms with van der Waals surface area (Å²) in [7, 11) is 1.58. The smallest absolute Gasteiger partial charge is 0.226 e. The number of piperidine rings is 1. The Morgan fingerprint density at radius 1 is 1.21 bits per heavy atom. The maximum absolute atomic E-state index is 12.3. The average molecular weight is 517 g/mol. The van der Waals surface area contributed by atoms with Gasteiger partial charge in [-0.3, -0.25) is 9.78 Å². The molecule has 2 aliphatic rings. The molecule has 2 aliphatic heterocycles. The van der Waals surface area contributed by atoms with E-state index in [2.05, 4.69) is 43.5 Å². The summed E-state index contributed by atoms with van der Waals surface area (Å²) >= 11 is 0. The Hall–Kier alpha value is -4.05. The van der Waals surface area contributed by atoms with Gasteiger partial charge in [0.15, 0.2) is 5.82 Å². The Morgan fingerprint density at radius 3 is 2.76 bits per heavy atom. The van der Waals surface area contributed by atoms with E-state index in [1.807, 2.05) is 24.3 Å². The van der Waals surface area contributed by atoms with Crippen molar-refractivity contribution >= 4 is 17.4 Å². The number of carbonyl (C=O) groups is 1. The molecule has 5 rings (SSSR count). The maximum Gasteiger partial charge on any atom is 0.226 e. The fraction of sp³-hybridized carbons (Fsp3) is 0.393. The van der Waals surface area contributed by atoms with Gasteiger partial charge >= 0.3 is 0 Å². The molecule has 2 aromatic heterocycles. The highest BCUT2D eigenvalue weighted by Gasteiger charge is 2.43. The minimum absolute atomic E-state index is 0.0877. The number of pyridine rings is 1. The third kappa shape index (κ3) is 5.60. The average Bonchev–Trinajstić information content (AvgIpc) is 2.93. The van der Waals surface area contributed by atoms with Gasteiger partial charge in [0, 0.05) is 62.4 Å². The molecular weight excluding hydrogens is 484 g/mol. The van der Waals surface area contributed by atoms with Crippen molar-refractivity contribution in [2.45, 2.75) is 44.3 Å². The molecular formula is C28H32N6O4. The largest absolute Gasteiger partial charge is 0.486 e. The number of oxime groups is 1. The highest BCUT2D eigenvalue weighted by Crippen LogP contribution is 2.41. The van der Waals surface area contributed by atoms with Gasteiger partial charge in [-0.05, 0) is 36.8 Å². The number of fused-ring (bicyclic) bond motifs is 1. The van der Waals surface area contributed by atoms with Crippen LogP contribution in [0, 0.1) is 6.92 Å². The number of aromatic nitrogens is 3. The number of nitrogens with zero attached hydrogens (tertiary/aromatic N) is 5. The normalized spacial score (nSPS) is 18.0. The van der Waals surface area contributed by atoms with Crippen LogP contribution in [0.2, 0.25) is 0 Å². The number of rotatable bonds is 7. The summed E-state index contributed by atoms with van der Waals surface area (Å²) in [4.78, 5) is 23.7. The zero-order valence-corrected chi connectivity index (χ0v) is 21.6. The summed E-state index contributed by atoms with van der Waals surface area (Å²) in [6.45, 7) is 3.70. The number of benzene rings is 1. The third-order valence-corrected chi connectivity index (χ3v) is 7.15. The molecule has 10 heteroatoms. The molecule has 38 heavy (non-hydrogen) atoms. The van der Waals surface area contributed by atoms with Crippen LogP contribution in [0.5, 0.6) is 5.75 Å². The minimum atomic E-state index is -0.814. The number of hydrogen-bond acceptors (Lipinski definition) is 9. The molecule has 1 spiro atoms. The summed E-state index contributed by atoms with van der Waals surface area (Å²) in [5.41, 5.74) is 3.97. The Labute approximate surface area is 221 Å². The van der Waals surface area contributed by atoms with Crippen molar-refractivity contribution in [3.63, 3.8) is 0 Å². The zero-order valence-electron chi connectivity index (χ0n) is 21.6. The van der Waals surface area contributed by atoms with E-state index < -0.39 is 6.10 Å². The second kappa shape index (κ2) is 11.1. The van der Waals surface area contributed by atoms with Crippen molar-refractivity contribution < 1.29 is 19.5 Å². The summed E-state index contributed by atoms with van der Waals surface area (Å²) in [5.74, 6) is 1.40. The van der Waals surface area contributed by atoms with Crippen LogP contribution >= 0.6 is 0 Å². The summed E-state index contributed by atoms with van der Waals surface area (Å²) in [5, 5.41) is 25.9. The van der Waals surface area contributed by atoms with Crippen molar-refractivity contribution in [1.29, 1.82) is 0 Å². The minimum Gasteiger partial charge on any atom is -0.486 e. The van der Waals surface area contributed by atoms with Gasteiger partial charge in [0.05, 0.1) is 23.9 Å². The fourth-order valence-electron chi connectivity index (χ4n) is 5.11. The molecule has 4 heterocycles. The van der Waals surface area contributed by atoms with Gasteiger partial charge in [-0.15, -0.1) is 5.10 Å². The molecule has 1 unspecified atom stereocenters. The SMILES string of the molecule is CON=C1CC2(CCN(c3ccc(CC(=O)NCC(O)c4cccnc4)nn3)CC2)Oc2cccc(C)c21. The second-order valence-electron chi connectivity index (χ2n) is 9.78. The number of aryl methyl sites for hydroxylation is 1. The first-order valence-corrected chi connectivity index (χ1v) is 12.8. The second-order valence-corrected chi connectivity index (χ2v) is 9.78. The quantitative estimate of drug-likeness (QED) is 0.460. The number of aliphatic hydroxyl groups excluding tert-OH is 1. The van der Waals surface area contributed by atoms with E-state index in [4.69, 9.17) is 9.57 Å². The van der Waals surface area contributed by atoms with E-state index in [-0.39, 0.29) is 24.5 Å². The number of anilines is 1. The van der Waals surface area contributed by atoms with Crippen LogP contribution in [0.1, 0.15) is 47.8 Å². The number of aliphatic hydroxyl groups is 1. The Balaban J connectivity index is 1.16. The first kappa shape index (κ1) is 25.6. The van der Waals surface area contributed by atoms with Gasteiger partial charge < -0.3 is 24.9 Å². The van der Waals surface area contributed by atoms with Gasteiger partial charge in [-0.25, -0.2) is 0 Å². The van der Waals surface area contributed by atoms with E-state index >= 15 is 0 Å². The Morgan fingerprint density at radius 2 is 2.05 bits per heavy atom.